The first kappa shape index (κ1) is 25.8. The van der Waals surface area contributed by atoms with E-state index in [-0.39, 0.29) is 23.0 Å². The number of nitrogens with zero attached hydrogens (tertiary/aromatic N) is 2. The van der Waals surface area contributed by atoms with Gasteiger partial charge in [0, 0.05) is 26.2 Å². The van der Waals surface area contributed by atoms with E-state index >= 15 is 0 Å². The number of hydrogen-bond acceptors (Lipinski definition) is 5. The molecule has 5 rings (SSSR count). The fraction of sp³-hybridized carbons (Fsp3) is 0.167. The highest BCUT2D eigenvalue weighted by molar-refractivity contribution is 7.80. The summed E-state index contributed by atoms with van der Waals surface area (Å²) in [5.74, 6) is -0.333. The van der Waals surface area contributed by atoms with Crippen molar-refractivity contribution < 1.29 is 9.59 Å². The Balaban J connectivity index is 1.26. The van der Waals surface area contributed by atoms with Gasteiger partial charge in [-0.3, -0.25) is 19.8 Å². The van der Waals surface area contributed by atoms with Crippen LogP contribution >= 0.6 is 23.6 Å². The highest BCUT2D eigenvalue weighted by Gasteiger charge is 2.29. The first-order valence-corrected chi connectivity index (χ1v) is 13.8. The van der Waals surface area contributed by atoms with E-state index in [4.69, 9.17) is 12.2 Å². The second-order valence-corrected chi connectivity index (χ2v) is 10.3. The van der Waals surface area contributed by atoms with Crippen molar-refractivity contribution >= 4 is 46.2 Å². The lowest BCUT2D eigenvalue weighted by molar-refractivity contribution is 0.0598. The molecule has 1 saturated heterocycles. The lowest BCUT2D eigenvalue weighted by atomic mass is 9.96. The summed E-state index contributed by atoms with van der Waals surface area (Å²) in [6.45, 7) is 2.74. The molecule has 3 aromatic carbocycles. The number of anilines is 1. The lowest BCUT2D eigenvalue weighted by Crippen LogP contribution is -2.50. The number of hydrogen-bond donors (Lipinski definition) is 2. The predicted octanol–water partition coefficient (Wildman–Crippen LogP) is 5.42. The van der Waals surface area contributed by atoms with Gasteiger partial charge in [-0.05, 0) is 46.9 Å². The normalized spacial score (nSPS) is 13.8. The van der Waals surface area contributed by atoms with E-state index in [2.05, 4.69) is 64.1 Å². The molecule has 0 unspecified atom stereocenters. The number of amides is 2. The molecule has 4 aromatic rings. The van der Waals surface area contributed by atoms with Gasteiger partial charge in [-0.15, -0.1) is 11.3 Å². The van der Waals surface area contributed by atoms with Crippen molar-refractivity contribution in [1.82, 2.24) is 15.1 Å². The fourth-order valence-corrected chi connectivity index (χ4v) is 5.56. The zero-order valence-corrected chi connectivity index (χ0v) is 22.4. The monoisotopic (exact) mass is 540 g/mol. The van der Waals surface area contributed by atoms with Gasteiger partial charge in [0.1, 0.15) is 0 Å². The zero-order valence-electron chi connectivity index (χ0n) is 20.7. The number of carbonyl (C=O) groups is 2. The molecule has 0 saturated carbocycles. The van der Waals surface area contributed by atoms with Crippen molar-refractivity contribution in [3.8, 4) is 0 Å². The van der Waals surface area contributed by atoms with E-state index in [1.54, 1.807) is 18.2 Å². The van der Waals surface area contributed by atoms with Crippen LogP contribution in [0.3, 0.4) is 0 Å². The minimum absolute atomic E-state index is 0.0592. The number of para-hydroxylation sites is 1. The molecule has 0 spiro atoms. The van der Waals surface area contributed by atoms with E-state index in [1.165, 1.54) is 22.5 Å². The van der Waals surface area contributed by atoms with E-state index in [1.807, 2.05) is 40.6 Å². The summed E-state index contributed by atoms with van der Waals surface area (Å²) in [7, 11) is 0. The second-order valence-electron chi connectivity index (χ2n) is 8.98. The van der Waals surface area contributed by atoms with Crippen LogP contribution in [0.25, 0.3) is 0 Å². The van der Waals surface area contributed by atoms with E-state index in [0.29, 0.717) is 29.2 Å². The molecule has 0 bridgehead atoms. The van der Waals surface area contributed by atoms with Crippen molar-refractivity contribution in [3.63, 3.8) is 0 Å². The van der Waals surface area contributed by atoms with Gasteiger partial charge in [-0.1, -0.05) is 78.9 Å². The minimum Gasteiger partial charge on any atom is -0.336 e. The first-order chi connectivity index (χ1) is 18.6. The molecule has 2 amide bonds. The molecular weight excluding hydrogens is 512 g/mol. The van der Waals surface area contributed by atoms with E-state index in [9.17, 15) is 9.59 Å². The van der Waals surface area contributed by atoms with Crippen LogP contribution in [0.1, 0.15) is 37.2 Å². The summed E-state index contributed by atoms with van der Waals surface area (Å²) in [6.07, 6.45) is 0. The number of rotatable bonds is 6. The van der Waals surface area contributed by atoms with Crippen LogP contribution in [0.2, 0.25) is 0 Å². The molecule has 1 aromatic heterocycles. The number of benzene rings is 3. The molecule has 1 aliphatic rings. The summed E-state index contributed by atoms with van der Waals surface area (Å²) in [4.78, 5) is 30.8. The number of carbonyl (C=O) groups excluding carboxylic acids is 2. The van der Waals surface area contributed by atoms with Gasteiger partial charge >= 0.3 is 0 Å². The van der Waals surface area contributed by atoms with Crippen molar-refractivity contribution in [3.05, 3.63) is 124 Å². The zero-order chi connectivity index (χ0) is 26.3. The largest absolute Gasteiger partial charge is 0.336 e. The maximum atomic E-state index is 13.6. The molecule has 38 heavy (non-hydrogen) atoms. The summed E-state index contributed by atoms with van der Waals surface area (Å²) in [5, 5.41) is 7.71. The molecular formula is C30H28N4O2S2. The average Bonchev–Trinajstić information content (AvgIpc) is 3.50. The van der Waals surface area contributed by atoms with Crippen molar-refractivity contribution in [1.29, 1.82) is 0 Å². The Labute approximate surface area is 231 Å². The second kappa shape index (κ2) is 12.1. The Morgan fingerprint density at radius 3 is 1.97 bits per heavy atom. The maximum Gasteiger partial charge on any atom is 0.267 e. The van der Waals surface area contributed by atoms with Crippen LogP contribution in [0.4, 0.5) is 5.69 Å². The van der Waals surface area contributed by atoms with Crippen LogP contribution in [0.5, 0.6) is 0 Å². The fourth-order valence-electron chi connectivity index (χ4n) is 4.74. The standard InChI is InChI=1S/C30H28N4O2S2/c35-28(26-16-9-21-38-26)32-30(37)31-25-15-8-7-14-24(25)29(36)34-19-17-33(18-20-34)27(22-10-3-1-4-11-22)23-12-5-2-6-13-23/h1-16,21,27H,17-20H2,(H2,31,32,35,37). The number of thiophene rings is 1. The summed E-state index contributed by atoms with van der Waals surface area (Å²) in [6, 6.07) is 32.0. The Hall–Kier alpha value is -3.85. The summed E-state index contributed by atoms with van der Waals surface area (Å²) >= 11 is 6.70. The molecule has 2 N–H and O–H groups in total. The molecule has 192 valence electrons. The van der Waals surface area contributed by atoms with E-state index in [0.717, 1.165) is 13.1 Å². The smallest absolute Gasteiger partial charge is 0.267 e. The minimum atomic E-state index is -0.274. The van der Waals surface area contributed by atoms with Gasteiger partial charge < -0.3 is 10.2 Å². The van der Waals surface area contributed by atoms with E-state index < -0.39 is 0 Å². The Morgan fingerprint density at radius 1 is 0.763 bits per heavy atom. The highest BCUT2D eigenvalue weighted by Crippen LogP contribution is 2.30. The van der Waals surface area contributed by atoms with Crippen LogP contribution in [-0.2, 0) is 0 Å². The molecule has 1 fully saturated rings. The maximum absolute atomic E-state index is 13.6. The van der Waals surface area contributed by atoms with Crippen molar-refractivity contribution in [2.24, 2.45) is 0 Å². The molecule has 0 atom stereocenters. The topological polar surface area (TPSA) is 64.7 Å². The van der Waals surface area contributed by atoms with Crippen LogP contribution < -0.4 is 10.6 Å². The Bertz CT molecular complexity index is 1350. The van der Waals surface area contributed by atoms with Gasteiger partial charge in [-0.2, -0.15) is 0 Å². The quantitative estimate of drug-likeness (QED) is 0.320. The highest BCUT2D eigenvalue weighted by atomic mass is 32.1. The Kier molecular flexibility index (Phi) is 8.23. The third-order valence-corrected chi connectivity index (χ3v) is 7.65. The molecule has 6 nitrogen and oxygen atoms in total. The van der Waals surface area contributed by atoms with Gasteiger partial charge in [0.15, 0.2) is 5.11 Å². The van der Waals surface area contributed by atoms with Gasteiger partial charge in [0.2, 0.25) is 0 Å². The van der Waals surface area contributed by atoms with Gasteiger partial charge in [-0.25, -0.2) is 0 Å². The molecule has 1 aliphatic heterocycles. The number of piperazine rings is 1. The molecule has 2 heterocycles. The average molecular weight is 541 g/mol. The Morgan fingerprint density at radius 2 is 1.37 bits per heavy atom. The predicted molar refractivity (Wildman–Crippen MR) is 157 cm³/mol. The van der Waals surface area contributed by atoms with Crippen molar-refractivity contribution in [2.75, 3.05) is 31.5 Å². The van der Waals surface area contributed by atoms with Crippen LogP contribution in [-0.4, -0.2) is 52.9 Å². The van der Waals surface area contributed by atoms with Gasteiger partial charge in [0.05, 0.1) is 22.2 Å². The van der Waals surface area contributed by atoms with Gasteiger partial charge in [0.25, 0.3) is 11.8 Å². The molecule has 0 radical (unpaired) electrons. The lowest BCUT2D eigenvalue weighted by Gasteiger charge is -2.40. The number of nitrogens with one attached hydrogen (secondary N) is 2. The third kappa shape index (κ3) is 5.99. The molecule has 0 aliphatic carbocycles. The molecule has 8 heteroatoms. The summed E-state index contributed by atoms with van der Waals surface area (Å²) < 4.78 is 0. The van der Waals surface area contributed by atoms with Crippen molar-refractivity contribution in [2.45, 2.75) is 6.04 Å². The third-order valence-electron chi connectivity index (χ3n) is 6.57. The first-order valence-electron chi connectivity index (χ1n) is 12.5. The SMILES string of the molecule is O=C(NC(=S)Nc1ccccc1C(=O)N1CCN(C(c2ccccc2)c2ccccc2)CC1)c1cccs1. The summed E-state index contributed by atoms with van der Waals surface area (Å²) in [5.41, 5.74) is 3.58. The van der Waals surface area contributed by atoms with Crippen LogP contribution in [0.15, 0.2) is 102 Å². The van der Waals surface area contributed by atoms with Crippen LogP contribution in [0, 0.1) is 0 Å². The number of thiocarbonyl (C=S) groups is 1.